The molecular weight excluding hydrogens is 430 g/mol. The molecule has 1 aliphatic rings. The minimum atomic E-state index is -0.911. The van der Waals surface area contributed by atoms with E-state index in [-0.39, 0.29) is 24.8 Å². The fourth-order valence-corrected chi connectivity index (χ4v) is 4.43. The first-order valence-electron chi connectivity index (χ1n) is 11.5. The molecule has 0 aliphatic heterocycles. The fourth-order valence-electron chi connectivity index (χ4n) is 4.43. The summed E-state index contributed by atoms with van der Waals surface area (Å²) in [5.74, 6) is -1.07. The predicted molar refractivity (Wildman–Crippen MR) is 128 cm³/mol. The molecular formula is C27H29N3O4. The average Bonchev–Trinajstić information content (AvgIpc) is 3.18. The number of carbonyl (C=O) groups is 2. The molecule has 7 heteroatoms. The lowest BCUT2D eigenvalue weighted by Crippen LogP contribution is -2.41. The van der Waals surface area contributed by atoms with Crippen LogP contribution in [0.1, 0.15) is 39.5 Å². The van der Waals surface area contributed by atoms with Crippen molar-refractivity contribution >= 4 is 11.8 Å². The highest BCUT2D eigenvalue weighted by atomic mass is 16.3. The van der Waals surface area contributed by atoms with E-state index < -0.39 is 24.2 Å². The Labute approximate surface area is 198 Å². The van der Waals surface area contributed by atoms with Gasteiger partial charge in [-0.3, -0.25) is 14.6 Å². The van der Waals surface area contributed by atoms with Crippen molar-refractivity contribution in [2.24, 2.45) is 5.92 Å². The van der Waals surface area contributed by atoms with E-state index in [2.05, 4.69) is 15.6 Å². The number of benzene rings is 2. The number of hydrogen-bond donors (Lipinski definition) is 4. The van der Waals surface area contributed by atoms with Gasteiger partial charge < -0.3 is 20.8 Å². The molecule has 3 aromatic rings. The monoisotopic (exact) mass is 459 g/mol. The minimum Gasteiger partial charge on any atom is -0.391 e. The van der Waals surface area contributed by atoms with E-state index >= 15 is 0 Å². The molecule has 0 saturated heterocycles. The van der Waals surface area contributed by atoms with Crippen LogP contribution in [-0.2, 0) is 17.6 Å². The maximum absolute atomic E-state index is 13.3. The number of aromatic nitrogens is 1. The average molecular weight is 460 g/mol. The molecule has 0 spiro atoms. The van der Waals surface area contributed by atoms with Crippen LogP contribution in [-0.4, -0.2) is 45.8 Å². The highest BCUT2D eigenvalue weighted by Crippen LogP contribution is 2.31. The molecule has 0 fully saturated rings. The van der Waals surface area contributed by atoms with Crippen molar-refractivity contribution in [2.75, 3.05) is 6.54 Å². The quantitative estimate of drug-likeness (QED) is 0.392. The molecule has 2 amide bonds. The van der Waals surface area contributed by atoms with E-state index in [4.69, 9.17) is 0 Å². The second-order valence-corrected chi connectivity index (χ2v) is 8.68. The van der Waals surface area contributed by atoms with Crippen molar-refractivity contribution in [3.05, 3.63) is 101 Å². The summed E-state index contributed by atoms with van der Waals surface area (Å²) in [4.78, 5) is 29.5. The third-order valence-electron chi connectivity index (χ3n) is 6.19. The number of amides is 2. The summed E-state index contributed by atoms with van der Waals surface area (Å²) in [7, 11) is 0. The molecule has 0 saturated carbocycles. The standard InChI is InChI=1S/C27H29N3O4/c31-22(17-29-26(33)19-10-12-28-13-11-19)15-21(14-18-6-2-1-3-7-18)27(34)30-25-23-9-5-4-8-20(23)16-24(25)32/h1-13,21-22,24-25,31-32H,14-17H2,(H,29,33)(H,30,34). The normalized spacial score (nSPS) is 18.5. The highest BCUT2D eigenvalue weighted by Gasteiger charge is 2.34. The Balaban J connectivity index is 1.42. The number of aliphatic hydroxyl groups is 2. The van der Waals surface area contributed by atoms with Crippen LogP contribution in [0.3, 0.4) is 0 Å². The summed E-state index contributed by atoms with van der Waals surface area (Å²) in [5, 5.41) is 26.9. The largest absolute Gasteiger partial charge is 0.391 e. The van der Waals surface area contributed by atoms with E-state index in [0.717, 1.165) is 16.7 Å². The molecule has 2 aromatic carbocycles. The molecule has 0 radical (unpaired) electrons. The van der Waals surface area contributed by atoms with Gasteiger partial charge in [0.2, 0.25) is 5.91 Å². The van der Waals surface area contributed by atoms with E-state index in [1.165, 1.54) is 12.4 Å². The van der Waals surface area contributed by atoms with Crippen molar-refractivity contribution < 1.29 is 19.8 Å². The SMILES string of the molecule is O=C(NCC(O)CC(Cc1ccccc1)C(=O)NC1c2ccccc2CC1O)c1ccncc1. The molecule has 4 atom stereocenters. The molecule has 7 nitrogen and oxygen atoms in total. The van der Waals surface area contributed by atoms with E-state index in [9.17, 15) is 19.8 Å². The van der Waals surface area contributed by atoms with Crippen LogP contribution in [0.2, 0.25) is 0 Å². The second-order valence-electron chi connectivity index (χ2n) is 8.68. The van der Waals surface area contributed by atoms with E-state index in [0.29, 0.717) is 18.4 Å². The first-order valence-corrected chi connectivity index (χ1v) is 11.5. The number of carbonyl (C=O) groups excluding carboxylic acids is 2. The minimum absolute atomic E-state index is 0.0224. The van der Waals surface area contributed by atoms with Gasteiger partial charge in [-0.15, -0.1) is 0 Å². The first kappa shape index (κ1) is 23.6. The van der Waals surface area contributed by atoms with E-state index in [1.54, 1.807) is 12.1 Å². The molecule has 4 unspecified atom stereocenters. The fraction of sp³-hybridized carbons (Fsp3) is 0.296. The maximum Gasteiger partial charge on any atom is 0.251 e. The summed E-state index contributed by atoms with van der Waals surface area (Å²) < 4.78 is 0. The molecule has 4 rings (SSSR count). The Morgan fingerprint density at radius 1 is 1.00 bits per heavy atom. The molecule has 34 heavy (non-hydrogen) atoms. The summed E-state index contributed by atoms with van der Waals surface area (Å²) >= 11 is 0. The lowest BCUT2D eigenvalue weighted by molar-refractivity contribution is -0.127. The number of pyridine rings is 1. The zero-order valence-electron chi connectivity index (χ0n) is 18.8. The maximum atomic E-state index is 13.3. The van der Waals surface area contributed by atoms with Crippen LogP contribution < -0.4 is 10.6 Å². The van der Waals surface area contributed by atoms with Gasteiger partial charge in [-0.1, -0.05) is 54.6 Å². The van der Waals surface area contributed by atoms with Gasteiger partial charge in [-0.2, -0.15) is 0 Å². The van der Waals surface area contributed by atoms with Crippen LogP contribution in [0.4, 0.5) is 0 Å². The Kier molecular flexibility index (Phi) is 7.67. The van der Waals surface area contributed by atoms with Crippen LogP contribution in [0, 0.1) is 5.92 Å². The number of hydrogen-bond acceptors (Lipinski definition) is 5. The summed E-state index contributed by atoms with van der Waals surface area (Å²) in [6.45, 7) is 0.0224. The lowest BCUT2D eigenvalue weighted by Gasteiger charge is -2.24. The van der Waals surface area contributed by atoms with Crippen molar-refractivity contribution in [1.29, 1.82) is 0 Å². The molecule has 176 valence electrons. The number of nitrogens with zero attached hydrogens (tertiary/aromatic N) is 1. The van der Waals surface area contributed by atoms with Gasteiger partial charge in [0.25, 0.3) is 5.91 Å². The zero-order valence-corrected chi connectivity index (χ0v) is 18.8. The van der Waals surface area contributed by atoms with Gasteiger partial charge in [0.05, 0.1) is 18.2 Å². The number of nitrogens with one attached hydrogen (secondary N) is 2. The van der Waals surface area contributed by atoms with Crippen molar-refractivity contribution in [3.8, 4) is 0 Å². The van der Waals surface area contributed by atoms with Crippen molar-refractivity contribution in [2.45, 2.75) is 37.5 Å². The van der Waals surface area contributed by atoms with Gasteiger partial charge in [-0.25, -0.2) is 0 Å². The van der Waals surface area contributed by atoms with Crippen molar-refractivity contribution in [1.82, 2.24) is 15.6 Å². The van der Waals surface area contributed by atoms with Crippen molar-refractivity contribution in [3.63, 3.8) is 0 Å². The summed E-state index contributed by atoms with van der Waals surface area (Å²) in [5.41, 5.74) is 3.38. The van der Waals surface area contributed by atoms with Crippen LogP contribution in [0.25, 0.3) is 0 Å². The Bertz CT molecular complexity index is 1110. The van der Waals surface area contributed by atoms with Gasteiger partial charge in [0, 0.05) is 36.8 Å². The predicted octanol–water partition coefficient (Wildman–Crippen LogP) is 2.20. The van der Waals surface area contributed by atoms with E-state index in [1.807, 2.05) is 54.6 Å². The van der Waals surface area contributed by atoms with Gasteiger partial charge in [0.15, 0.2) is 0 Å². The molecule has 1 heterocycles. The third-order valence-corrected chi connectivity index (χ3v) is 6.19. The third kappa shape index (κ3) is 5.87. The Hall–Kier alpha value is -3.55. The topological polar surface area (TPSA) is 112 Å². The Morgan fingerprint density at radius 3 is 2.47 bits per heavy atom. The Morgan fingerprint density at radius 2 is 1.71 bits per heavy atom. The lowest BCUT2D eigenvalue weighted by atomic mass is 9.92. The van der Waals surface area contributed by atoms with Gasteiger partial charge >= 0.3 is 0 Å². The molecule has 1 aliphatic carbocycles. The first-order chi connectivity index (χ1) is 16.5. The summed E-state index contributed by atoms with van der Waals surface area (Å²) in [6, 6.07) is 20.0. The molecule has 1 aromatic heterocycles. The zero-order chi connectivity index (χ0) is 23.9. The highest BCUT2D eigenvalue weighted by molar-refractivity contribution is 5.93. The second kappa shape index (κ2) is 11.0. The smallest absolute Gasteiger partial charge is 0.251 e. The summed E-state index contributed by atoms with van der Waals surface area (Å²) in [6.07, 6.45) is 2.56. The number of rotatable bonds is 9. The van der Waals surface area contributed by atoms with Gasteiger partial charge in [0.1, 0.15) is 0 Å². The molecule has 0 bridgehead atoms. The van der Waals surface area contributed by atoms with Crippen LogP contribution in [0.15, 0.2) is 79.1 Å². The van der Waals surface area contributed by atoms with Crippen LogP contribution in [0.5, 0.6) is 0 Å². The van der Waals surface area contributed by atoms with Crippen LogP contribution >= 0.6 is 0 Å². The number of fused-ring (bicyclic) bond motifs is 1. The van der Waals surface area contributed by atoms with Gasteiger partial charge in [-0.05, 0) is 41.7 Å². The molecule has 4 N–H and O–H groups in total. The number of aliphatic hydroxyl groups excluding tert-OH is 2.